The Morgan fingerprint density at radius 2 is 1.81 bits per heavy atom. The van der Waals surface area contributed by atoms with Gasteiger partial charge in [-0.05, 0) is 50.8 Å². The van der Waals surface area contributed by atoms with Crippen molar-refractivity contribution in [1.82, 2.24) is 14.8 Å². The number of benzene rings is 1. The molecule has 138 valence electrons. The van der Waals surface area contributed by atoms with Crippen LogP contribution in [0.4, 0.5) is 10.2 Å². The topological polar surface area (TPSA) is 39.7 Å². The summed E-state index contributed by atoms with van der Waals surface area (Å²) in [6, 6.07) is 11.8. The maximum Gasteiger partial charge on any atom is 0.244 e. The quantitative estimate of drug-likeness (QED) is 0.844. The second kappa shape index (κ2) is 7.83. The Labute approximate surface area is 154 Å². The molecule has 0 saturated carbocycles. The number of nitrogens with zero attached hydrogens (tertiary/aromatic N) is 4. The van der Waals surface area contributed by atoms with E-state index in [0.717, 1.165) is 24.6 Å². The van der Waals surface area contributed by atoms with E-state index in [-0.39, 0.29) is 11.7 Å². The van der Waals surface area contributed by atoms with Crippen molar-refractivity contribution in [3.8, 4) is 0 Å². The Bertz CT molecular complexity index is 772. The molecule has 1 aliphatic rings. The number of anilines is 1. The first kappa shape index (κ1) is 18.3. The number of halogens is 1. The SMILES string of the molecule is Cc1cccc(N2CCN(C(=O)[C@@H](c3cccc(F)c3)N(C)C)CC2)n1. The molecule has 2 aromatic rings. The van der Waals surface area contributed by atoms with E-state index in [1.54, 1.807) is 12.1 Å². The Kier molecular flexibility index (Phi) is 5.52. The third kappa shape index (κ3) is 4.02. The largest absolute Gasteiger partial charge is 0.353 e. The number of hydrogen-bond donors (Lipinski definition) is 0. The molecule has 0 aliphatic carbocycles. The summed E-state index contributed by atoms with van der Waals surface area (Å²) in [5, 5.41) is 0. The molecule has 2 heterocycles. The van der Waals surface area contributed by atoms with Crippen LogP contribution in [0, 0.1) is 12.7 Å². The maximum atomic E-state index is 13.6. The molecule has 1 amide bonds. The maximum absolute atomic E-state index is 13.6. The van der Waals surface area contributed by atoms with Gasteiger partial charge in [-0.15, -0.1) is 0 Å². The van der Waals surface area contributed by atoms with Gasteiger partial charge in [-0.3, -0.25) is 9.69 Å². The molecule has 0 N–H and O–H groups in total. The molecule has 6 heteroatoms. The van der Waals surface area contributed by atoms with E-state index in [4.69, 9.17) is 0 Å². The summed E-state index contributed by atoms with van der Waals surface area (Å²) >= 11 is 0. The minimum Gasteiger partial charge on any atom is -0.353 e. The number of pyridine rings is 1. The normalized spacial score (nSPS) is 16.0. The van der Waals surface area contributed by atoms with E-state index in [9.17, 15) is 9.18 Å². The molecule has 0 unspecified atom stereocenters. The van der Waals surface area contributed by atoms with Crippen molar-refractivity contribution in [1.29, 1.82) is 0 Å². The van der Waals surface area contributed by atoms with Gasteiger partial charge in [0, 0.05) is 31.9 Å². The third-order valence-corrected chi connectivity index (χ3v) is 4.70. The fourth-order valence-corrected chi connectivity index (χ4v) is 3.37. The van der Waals surface area contributed by atoms with Crippen molar-refractivity contribution in [2.24, 2.45) is 0 Å². The van der Waals surface area contributed by atoms with Crippen molar-refractivity contribution >= 4 is 11.7 Å². The molecule has 26 heavy (non-hydrogen) atoms. The van der Waals surface area contributed by atoms with Gasteiger partial charge in [-0.2, -0.15) is 0 Å². The van der Waals surface area contributed by atoms with Crippen molar-refractivity contribution in [2.75, 3.05) is 45.2 Å². The zero-order valence-electron chi connectivity index (χ0n) is 15.5. The van der Waals surface area contributed by atoms with E-state index < -0.39 is 6.04 Å². The van der Waals surface area contributed by atoms with Crippen LogP contribution in [0.2, 0.25) is 0 Å². The Morgan fingerprint density at radius 3 is 2.42 bits per heavy atom. The van der Waals surface area contributed by atoms with Crippen LogP contribution in [0.5, 0.6) is 0 Å². The fraction of sp³-hybridized carbons (Fsp3) is 0.400. The number of aryl methyl sites for hydroxylation is 1. The lowest BCUT2D eigenvalue weighted by Crippen LogP contribution is -2.51. The smallest absolute Gasteiger partial charge is 0.244 e. The molecule has 1 fully saturated rings. The summed E-state index contributed by atoms with van der Waals surface area (Å²) in [6.07, 6.45) is 0. The van der Waals surface area contributed by atoms with Crippen LogP contribution in [0.15, 0.2) is 42.5 Å². The highest BCUT2D eigenvalue weighted by Crippen LogP contribution is 2.23. The Balaban J connectivity index is 1.70. The van der Waals surface area contributed by atoms with Crippen molar-refractivity contribution in [2.45, 2.75) is 13.0 Å². The number of rotatable bonds is 4. The second-order valence-electron chi connectivity index (χ2n) is 6.87. The number of likely N-dealkylation sites (N-methyl/N-ethyl adjacent to an activating group) is 1. The molecule has 5 nitrogen and oxygen atoms in total. The number of carbonyl (C=O) groups excluding carboxylic acids is 1. The van der Waals surface area contributed by atoms with E-state index in [2.05, 4.69) is 9.88 Å². The van der Waals surface area contributed by atoms with Gasteiger partial charge in [0.2, 0.25) is 5.91 Å². The number of carbonyl (C=O) groups is 1. The summed E-state index contributed by atoms with van der Waals surface area (Å²) in [7, 11) is 3.70. The first-order valence-electron chi connectivity index (χ1n) is 8.85. The summed E-state index contributed by atoms with van der Waals surface area (Å²) in [5.74, 6) is 0.640. The van der Waals surface area contributed by atoms with Crippen LogP contribution in [-0.2, 0) is 4.79 Å². The van der Waals surface area contributed by atoms with Gasteiger partial charge in [0.1, 0.15) is 17.7 Å². The summed E-state index contributed by atoms with van der Waals surface area (Å²) in [4.78, 5) is 23.5. The molecule has 0 radical (unpaired) electrons. The standard InChI is InChI=1S/C20H25FN4O/c1-15-6-4-9-18(22-15)24-10-12-25(13-11-24)20(26)19(23(2)3)16-7-5-8-17(21)14-16/h4-9,14,19H,10-13H2,1-3H3/t19-/m1/s1. The first-order chi connectivity index (χ1) is 12.5. The lowest BCUT2D eigenvalue weighted by atomic mass is 10.0. The third-order valence-electron chi connectivity index (χ3n) is 4.70. The van der Waals surface area contributed by atoms with Crippen molar-refractivity contribution < 1.29 is 9.18 Å². The molecule has 1 aliphatic heterocycles. The number of amides is 1. The minimum absolute atomic E-state index is 0.0115. The van der Waals surface area contributed by atoms with Crippen molar-refractivity contribution in [3.63, 3.8) is 0 Å². The monoisotopic (exact) mass is 356 g/mol. The lowest BCUT2D eigenvalue weighted by Gasteiger charge is -2.38. The Hall–Kier alpha value is -2.47. The molecule has 1 aromatic heterocycles. The lowest BCUT2D eigenvalue weighted by molar-refractivity contribution is -0.136. The molecule has 1 aromatic carbocycles. The van der Waals surface area contributed by atoms with Crippen LogP contribution in [0.3, 0.4) is 0 Å². The second-order valence-corrected chi connectivity index (χ2v) is 6.87. The number of aromatic nitrogens is 1. The van der Waals surface area contributed by atoms with E-state index >= 15 is 0 Å². The molecule has 1 atom stereocenters. The van der Waals surface area contributed by atoms with Gasteiger partial charge in [0.05, 0.1) is 0 Å². The minimum atomic E-state index is -0.477. The highest BCUT2D eigenvalue weighted by molar-refractivity contribution is 5.83. The highest BCUT2D eigenvalue weighted by atomic mass is 19.1. The van der Waals surface area contributed by atoms with E-state index in [0.29, 0.717) is 18.7 Å². The molecule has 0 bridgehead atoms. The van der Waals surface area contributed by atoms with Gasteiger partial charge < -0.3 is 9.80 Å². The van der Waals surface area contributed by atoms with Crippen molar-refractivity contribution in [3.05, 3.63) is 59.5 Å². The van der Waals surface area contributed by atoms with E-state index in [1.807, 2.05) is 49.0 Å². The fourth-order valence-electron chi connectivity index (χ4n) is 3.37. The zero-order valence-corrected chi connectivity index (χ0v) is 15.5. The molecular weight excluding hydrogens is 331 g/mol. The average molecular weight is 356 g/mol. The van der Waals surface area contributed by atoms with Gasteiger partial charge in [-0.25, -0.2) is 9.37 Å². The zero-order chi connectivity index (χ0) is 18.7. The van der Waals surface area contributed by atoms with Crippen LogP contribution in [0.1, 0.15) is 17.3 Å². The number of piperazine rings is 1. The van der Waals surface area contributed by atoms with Gasteiger partial charge in [-0.1, -0.05) is 18.2 Å². The molecular formula is C20H25FN4O. The van der Waals surface area contributed by atoms with Crippen LogP contribution >= 0.6 is 0 Å². The average Bonchev–Trinajstić information content (AvgIpc) is 2.62. The number of hydrogen-bond acceptors (Lipinski definition) is 4. The van der Waals surface area contributed by atoms with Crippen LogP contribution < -0.4 is 4.90 Å². The van der Waals surface area contributed by atoms with Crippen LogP contribution in [0.25, 0.3) is 0 Å². The Morgan fingerprint density at radius 1 is 1.12 bits per heavy atom. The van der Waals surface area contributed by atoms with Crippen LogP contribution in [-0.4, -0.2) is 61.0 Å². The molecule has 0 spiro atoms. The predicted molar refractivity (Wildman–Crippen MR) is 101 cm³/mol. The first-order valence-corrected chi connectivity index (χ1v) is 8.85. The molecule has 1 saturated heterocycles. The van der Waals surface area contributed by atoms with Gasteiger partial charge in [0.15, 0.2) is 0 Å². The van der Waals surface area contributed by atoms with E-state index in [1.165, 1.54) is 12.1 Å². The molecule has 3 rings (SSSR count). The predicted octanol–water partition coefficient (Wildman–Crippen LogP) is 2.48. The highest BCUT2D eigenvalue weighted by Gasteiger charge is 2.30. The summed E-state index contributed by atoms with van der Waals surface area (Å²) in [5.41, 5.74) is 1.67. The summed E-state index contributed by atoms with van der Waals surface area (Å²) in [6.45, 7) is 4.73. The van der Waals surface area contributed by atoms with Gasteiger partial charge >= 0.3 is 0 Å². The van der Waals surface area contributed by atoms with Gasteiger partial charge in [0.25, 0.3) is 0 Å². The summed E-state index contributed by atoms with van der Waals surface area (Å²) < 4.78 is 13.6.